The summed E-state index contributed by atoms with van der Waals surface area (Å²) in [5, 5.41) is 8.96. The molecule has 1 N–H and O–H groups in total. The van der Waals surface area contributed by atoms with Gasteiger partial charge in [0.25, 0.3) is 5.91 Å². The van der Waals surface area contributed by atoms with E-state index in [0.717, 1.165) is 0 Å². The van der Waals surface area contributed by atoms with Crippen LogP contribution < -0.4 is 0 Å². The maximum absolute atomic E-state index is 12.1. The summed E-state index contributed by atoms with van der Waals surface area (Å²) >= 11 is 0. The van der Waals surface area contributed by atoms with Crippen molar-refractivity contribution < 1.29 is 23.8 Å². The standard InChI is InChI=1S/C15H21NO5/c1-5-6-7-20-11(3)14(17)16(4)9-12-8-13(15(18)19)10(2)21-12/h5,8,11H,1,6-7,9H2,2-4H3,(H,18,19). The van der Waals surface area contributed by atoms with Gasteiger partial charge in [0.2, 0.25) is 0 Å². The molecule has 116 valence electrons. The van der Waals surface area contributed by atoms with E-state index < -0.39 is 12.1 Å². The Bertz CT molecular complexity index is 520. The van der Waals surface area contributed by atoms with E-state index in [1.165, 1.54) is 11.0 Å². The molecule has 0 aliphatic heterocycles. The lowest BCUT2D eigenvalue weighted by Gasteiger charge is -2.20. The smallest absolute Gasteiger partial charge is 0.339 e. The molecule has 0 aliphatic rings. The molecule has 1 aromatic heterocycles. The van der Waals surface area contributed by atoms with E-state index in [1.54, 1.807) is 27.0 Å². The number of rotatable bonds is 8. The van der Waals surface area contributed by atoms with Gasteiger partial charge in [-0.25, -0.2) is 4.79 Å². The summed E-state index contributed by atoms with van der Waals surface area (Å²) in [4.78, 5) is 24.5. The number of carbonyl (C=O) groups excluding carboxylic acids is 1. The van der Waals surface area contributed by atoms with Gasteiger partial charge in [-0.15, -0.1) is 6.58 Å². The van der Waals surface area contributed by atoms with Crippen molar-refractivity contribution in [2.45, 2.75) is 32.9 Å². The number of aryl methyl sites for hydroxylation is 1. The van der Waals surface area contributed by atoms with Crippen molar-refractivity contribution in [2.75, 3.05) is 13.7 Å². The van der Waals surface area contributed by atoms with Crippen molar-refractivity contribution in [3.63, 3.8) is 0 Å². The Kier molecular flexibility index (Phi) is 6.17. The average molecular weight is 295 g/mol. The summed E-state index contributed by atoms with van der Waals surface area (Å²) in [6.45, 7) is 7.47. The second-order valence-electron chi connectivity index (χ2n) is 4.77. The van der Waals surface area contributed by atoms with Gasteiger partial charge in [0.05, 0.1) is 13.2 Å². The predicted octanol–water partition coefficient (Wildman–Crippen LogP) is 2.23. The van der Waals surface area contributed by atoms with E-state index in [1.807, 2.05) is 0 Å². The summed E-state index contributed by atoms with van der Waals surface area (Å²) in [6.07, 6.45) is 1.84. The molecule has 0 saturated heterocycles. The summed E-state index contributed by atoms with van der Waals surface area (Å²) in [5.74, 6) is -0.477. The quantitative estimate of drug-likeness (QED) is 0.587. The first kappa shape index (κ1) is 17.0. The molecule has 0 fully saturated rings. The number of carbonyl (C=O) groups is 2. The number of likely N-dealkylation sites (N-methyl/N-ethyl adjacent to an activating group) is 1. The van der Waals surface area contributed by atoms with E-state index in [2.05, 4.69) is 6.58 Å². The number of aromatic carboxylic acids is 1. The second kappa shape index (κ2) is 7.64. The minimum Gasteiger partial charge on any atom is -0.478 e. The lowest BCUT2D eigenvalue weighted by Crippen LogP contribution is -2.36. The molecule has 21 heavy (non-hydrogen) atoms. The minimum atomic E-state index is -1.04. The Balaban J connectivity index is 2.61. The maximum Gasteiger partial charge on any atom is 0.339 e. The molecule has 1 heterocycles. The lowest BCUT2D eigenvalue weighted by molar-refractivity contribution is -0.142. The highest BCUT2D eigenvalue weighted by atomic mass is 16.5. The molecule has 1 aromatic rings. The fraction of sp³-hybridized carbons (Fsp3) is 0.467. The monoisotopic (exact) mass is 295 g/mol. The number of hydrogen-bond acceptors (Lipinski definition) is 4. The first-order chi connectivity index (χ1) is 9.86. The molecule has 0 aromatic carbocycles. The van der Waals surface area contributed by atoms with Crippen molar-refractivity contribution in [1.29, 1.82) is 0 Å². The molecule has 0 spiro atoms. The Hall–Kier alpha value is -2.08. The van der Waals surface area contributed by atoms with Crippen LogP contribution in [0.5, 0.6) is 0 Å². The number of amides is 1. The summed E-state index contributed by atoms with van der Waals surface area (Å²) < 4.78 is 10.7. The summed E-state index contributed by atoms with van der Waals surface area (Å²) in [6, 6.07) is 1.44. The largest absolute Gasteiger partial charge is 0.478 e. The number of hydrogen-bond donors (Lipinski definition) is 1. The van der Waals surface area contributed by atoms with Gasteiger partial charge in [0, 0.05) is 7.05 Å². The predicted molar refractivity (Wildman–Crippen MR) is 77.1 cm³/mol. The van der Waals surface area contributed by atoms with E-state index in [4.69, 9.17) is 14.3 Å². The molecule has 6 nitrogen and oxygen atoms in total. The van der Waals surface area contributed by atoms with Crippen molar-refractivity contribution in [2.24, 2.45) is 0 Å². The lowest BCUT2D eigenvalue weighted by atomic mass is 10.2. The van der Waals surface area contributed by atoms with Gasteiger partial charge in [-0.3, -0.25) is 4.79 Å². The second-order valence-corrected chi connectivity index (χ2v) is 4.77. The summed E-state index contributed by atoms with van der Waals surface area (Å²) in [7, 11) is 1.62. The van der Waals surface area contributed by atoms with Crippen LogP contribution in [-0.4, -0.2) is 41.6 Å². The molecular weight excluding hydrogens is 274 g/mol. The van der Waals surface area contributed by atoms with Gasteiger partial charge in [0.15, 0.2) is 0 Å². The average Bonchev–Trinajstić information content (AvgIpc) is 2.78. The van der Waals surface area contributed by atoms with Crippen molar-refractivity contribution in [3.05, 3.63) is 35.8 Å². The molecule has 1 rings (SSSR count). The number of nitrogens with zero attached hydrogens (tertiary/aromatic N) is 1. The van der Waals surface area contributed by atoms with Gasteiger partial charge in [-0.05, 0) is 26.3 Å². The number of ether oxygens (including phenoxy) is 1. The van der Waals surface area contributed by atoms with Crippen LogP contribution >= 0.6 is 0 Å². The van der Waals surface area contributed by atoms with Gasteiger partial charge >= 0.3 is 5.97 Å². The Morgan fingerprint density at radius 3 is 2.76 bits per heavy atom. The molecule has 0 radical (unpaired) electrons. The fourth-order valence-electron chi connectivity index (χ4n) is 1.86. The Morgan fingerprint density at radius 1 is 1.57 bits per heavy atom. The van der Waals surface area contributed by atoms with Gasteiger partial charge in [0.1, 0.15) is 23.2 Å². The van der Waals surface area contributed by atoms with Gasteiger partial charge < -0.3 is 19.2 Å². The van der Waals surface area contributed by atoms with Crippen LogP contribution in [0.2, 0.25) is 0 Å². The van der Waals surface area contributed by atoms with Crippen molar-refractivity contribution in [1.82, 2.24) is 4.90 Å². The first-order valence-electron chi connectivity index (χ1n) is 6.66. The fourth-order valence-corrected chi connectivity index (χ4v) is 1.86. The Morgan fingerprint density at radius 2 is 2.24 bits per heavy atom. The van der Waals surface area contributed by atoms with E-state index in [9.17, 15) is 9.59 Å². The minimum absolute atomic E-state index is 0.112. The maximum atomic E-state index is 12.1. The van der Waals surface area contributed by atoms with E-state index in [0.29, 0.717) is 24.5 Å². The highest BCUT2D eigenvalue weighted by Crippen LogP contribution is 2.16. The third-order valence-corrected chi connectivity index (χ3v) is 3.01. The topological polar surface area (TPSA) is 80.0 Å². The molecule has 0 saturated carbocycles. The van der Waals surface area contributed by atoms with Crippen LogP contribution in [0.3, 0.4) is 0 Å². The number of furan rings is 1. The molecule has 1 unspecified atom stereocenters. The SMILES string of the molecule is C=CCCOC(C)C(=O)N(C)Cc1cc(C(=O)O)c(C)o1. The van der Waals surface area contributed by atoms with E-state index in [-0.39, 0.29) is 18.0 Å². The zero-order valence-electron chi connectivity index (χ0n) is 12.6. The highest BCUT2D eigenvalue weighted by Gasteiger charge is 2.20. The van der Waals surface area contributed by atoms with Gasteiger partial charge in [-0.1, -0.05) is 6.08 Å². The first-order valence-corrected chi connectivity index (χ1v) is 6.66. The van der Waals surface area contributed by atoms with Gasteiger partial charge in [-0.2, -0.15) is 0 Å². The molecule has 1 amide bonds. The van der Waals surface area contributed by atoms with Crippen LogP contribution in [0.15, 0.2) is 23.1 Å². The van der Waals surface area contributed by atoms with Crippen LogP contribution in [0.1, 0.15) is 35.2 Å². The third-order valence-electron chi connectivity index (χ3n) is 3.01. The zero-order chi connectivity index (χ0) is 16.0. The van der Waals surface area contributed by atoms with Crippen molar-refractivity contribution in [3.8, 4) is 0 Å². The highest BCUT2D eigenvalue weighted by molar-refractivity contribution is 5.88. The zero-order valence-corrected chi connectivity index (χ0v) is 12.6. The third kappa shape index (κ3) is 4.75. The molecule has 0 bridgehead atoms. The molecular formula is C15H21NO5. The van der Waals surface area contributed by atoms with Crippen LogP contribution in [0.25, 0.3) is 0 Å². The van der Waals surface area contributed by atoms with Crippen LogP contribution in [0.4, 0.5) is 0 Å². The van der Waals surface area contributed by atoms with Crippen LogP contribution in [0, 0.1) is 6.92 Å². The van der Waals surface area contributed by atoms with Crippen LogP contribution in [-0.2, 0) is 16.1 Å². The van der Waals surface area contributed by atoms with E-state index >= 15 is 0 Å². The molecule has 1 atom stereocenters. The number of carboxylic acid groups (broad SMARTS) is 1. The Labute approximate surface area is 124 Å². The molecule has 0 aliphatic carbocycles. The normalized spacial score (nSPS) is 12.0. The molecule has 6 heteroatoms. The number of carboxylic acids is 1. The summed E-state index contributed by atoms with van der Waals surface area (Å²) in [5.41, 5.74) is 0.112. The van der Waals surface area contributed by atoms with Crippen molar-refractivity contribution >= 4 is 11.9 Å².